The Bertz CT molecular complexity index is 684. The highest BCUT2D eigenvalue weighted by Crippen LogP contribution is 2.26. The smallest absolute Gasteiger partial charge is 0.184 e. The van der Waals surface area contributed by atoms with Crippen molar-refractivity contribution in [3.8, 4) is 0 Å². The van der Waals surface area contributed by atoms with Crippen LogP contribution in [0.15, 0.2) is 34.7 Å². The minimum Gasteiger partial charge on any atom is -0.465 e. The highest BCUT2D eigenvalue weighted by molar-refractivity contribution is 7.22. The molecule has 0 bridgehead atoms. The summed E-state index contributed by atoms with van der Waals surface area (Å²) in [5, 5.41) is 4.23. The Hall–Kier alpha value is -1.81. The average molecular weight is 258 g/mol. The number of aryl methyl sites for hydroxylation is 2. The maximum atomic E-state index is 5.51. The van der Waals surface area contributed by atoms with Gasteiger partial charge in [-0.05, 0) is 43.7 Å². The number of thiazole rings is 1. The molecule has 0 atom stereocenters. The van der Waals surface area contributed by atoms with Gasteiger partial charge in [0.05, 0.1) is 16.8 Å². The number of fused-ring (bicyclic) bond motifs is 1. The van der Waals surface area contributed by atoms with Gasteiger partial charge >= 0.3 is 0 Å². The van der Waals surface area contributed by atoms with Crippen molar-refractivity contribution in [2.24, 2.45) is 0 Å². The van der Waals surface area contributed by atoms with Gasteiger partial charge in [0.1, 0.15) is 11.5 Å². The molecule has 0 saturated carbocycles. The third kappa shape index (κ3) is 2.24. The molecule has 0 aliphatic heterocycles. The predicted octanol–water partition coefficient (Wildman–Crippen LogP) is 4.12. The van der Waals surface area contributed by atoms with Gasteiger partial charge in [0, 0.05) is 0 Å². The second-order valence-corrected chi connectivity index (χ2v) is 5.39. The van der Waals surface area contributed by atoms with E-state index in [1.165, 1.54) is 10.3 Å². The fourth-order valence-corrected chi connectivity index (χ4v) is 2.70. The second-order valence-electron chi connectivity index (χ2n) is 4.36. The largest absolute Gasteiger partial charge is 0.465 e. The Morgan fingerprint density at radius 1 is 1.22 bits per heavy atom. The van der Waals surface area contributed by atoms with E-state index in [-0.39, 0.29) is 0 Å². The molecule has 3 aromatic rings. The van der Waals surface area contributed by atoms with Gasteiger partial charge in [0.2, 0.25) is 0 Å². The lowest BCUT2D eigenvalue weighted by molar-refractivity contribution is 0.490. The molecule has 2 aromatic heterocycles. The number of nitrogens with zero attached hydrogens (tertiary/aromatic N) is 1. The maximum absolute atomic E-state index is 5.51. The quantitative estimate of drug-likeness (QED) is 0.768. The summed E-state index contributed by atoms with van der Waals surface area (Å²) in [6.07, 6.45) is 0. The average Bonchev–Trinajstić information content (AvgIpc) is 2.92. The van der Waals surface area contributed by atoms with Crippen LogP contribution >= 0.6 is 11.3 Å². The number of aromatic nitrogens is 1. The van der Waals surface area contributed by atoms with Crippen molar-refractivity contribution in [2.45, 2.75) is 20.4 Å². The lowest BCUT2D eigenvalue weighted by atomic mass is 10.2. The fraction of sp³-hybridized carbons (Fsp3) is 0.214. The first-order valence-electron chi connectivity index (χ1n) is 5.87. The first-order valence-corrected chi connectivity index (χ1v) is 6.69. The number of hydrogen-bond acceptors (Lipinski definition) is 4. The number of rotatable bonds is 3. The third-order valence-corrected chi connectivity index (χ3v) is 3.75. The highest BCUT2D eigenvalue weighted by atomic mass is 32.1. The van der Waals surface area contributed by atoms with E-state index in [0.29, 0.717) is 6.54 Å². The van der Waals surface area contributed by atoms with Gasteiger partial charge < -0.3 is 9.73 Å². The van der Waals surface area contributed by atoms with Gasteiger partial charge in [-0.1, -0.05) is 17.4 Å². The zero-order chi connectivity index (χ0) is 12.5. The summed E-state index contributed by atoms with van der Waals surface area (Å²) >= 11 is 1.67. The van der Waals surface area contributed by atoms with Crippen molar-refractivity contribution in [3.63, 3.8) is 0 Å². The first-order chi connectivity index (χ1) is 8.70. The van der Waals surface area contributed by atoms with E-state index in [1.807, 2.05) is 19.1 Å². The van der Waals surface area contributed by atoms with Crippen LogP contribution in [-0.4, -0.2) is 4.98 Å². The molecular formula is C14H14N2OS. The lowest BCUT2D eigenvalue weighted by Crippen LogP contribution is -1.96. The van der Waals surface area contributed by atoms with E-state index in [2.05, 4.69) is 35.4 Å². The van der Waals surface area contributed by atoms with Crippen LogP contribution in [-0.2, 0) is 6.54 Å². The maximum Gasteiger partial charge on any atom is 0.184 e. The molecular weight excluding hydrogens is 244 g/mol. The zero-order valence-electron chi connectivity index (χ0n) is 10.4. The van der Waals surface area contributed by atoms with E-state index in [0.717, 1.165) is 22.2 Å². The molecule has 1 N–H and O–H groups in total. The summed E-state index contributed by atoms with van der Waals surface area (Å²) in [5.41, 5.74) is 2.29. The Morgan fingerprint density at radius 3 is 2.89 bits per heavy atom. The van der Waals surface area contributed by atoms with E-state index >= 15 is 0 Å². The number of nitrogens with one attached hydrogen (secondary N) is 1. The molecule has 3 nitrogen and oxygen atoms in total. The summed E-state index contributed by atoms with van der Waals surface area (Å²) in [6.45, 7) is 4.70. The third-order valence-electron chi connectivity index (χ3n) is 2.75. The first kappa shape index (κ1) is 11.3. The molecule has 0 amide bonds. The molecule has 0 saturated heterocycles. The summed E-state index contributed by atoms with van der Waals surface area (Å²) in [4.78, 5) is 4.56. The fourth-order valence-electron chi connectivity index (χ4n) is 1.86. The van der Waals surface area contributed by atoms with Crippen molar-refractivity contribution in [2.75, 3.05) is 5.32 Å². The van der Waals surface area contributed by atoms with Crippen LogP contribution in [0.2, 0.25) is 0 Å². The summed E-state index contributed by atoms with van der Waals surface area (Å²) < 4.78 is 6.72. The normalized spacial score (nSPS) is 11.0. The monoisotopic (exact) mass is 258 g/mol. The van der Waals surface area contributed by atoms with Gasteiger partial charge in [-0.2, -0.15) is 0 Å². The van der Waals surface area contributed by atoms with Crippen LogP contribution in [0.25, 0.3) is 10.2 Å². The van der Waals surface area contributed by atoms with Gasteiger partial charge in [0.25, 0.3) is 0 Å². The molecule has 0 aliphatic carbocycles. The number of hydrogen-bond donors (Lipinski definition) is 1. The molecule has 0 spiro atoms. The van der Waals surface area contributed by atoms with Crippen LogP contribution in [0, 0.1) is 13.8 Å². The summed E-state index contributed by atoms with van der Waals surface area (Å²) in [7, 11) is 0. The molecule has 2 heterocycles. The second kappa shape index (κ2) is 4.46. The predicted molar refractivity (Wildman–Crippen MR) is 75.1 cm³/mol. The molecule has 0 aliphatic rings. The van der Waals surface area contributed by atoms with Crippen molar-refractivity contribution in [3.05, 3.63) is 47.4 Å². The topological polar surface area (TPSA) is 38.1 Å². The standard InChI is InChI=1S/C14H14N2OS/c1-9-3-6-13-12(7-9)16-14(18-13)15-8-11-5-4-10(2)17-11/h3-7H,8H2,1-2H3,(H,15,16). The van der Waals surface area contributed by atoms with E-state index in [1.54, 1.807) is 11.3 Å². The highest BCUT2D eigenvalue weighted by Gasteiger charge is 2.04. The number of furan rings is 1. The summed E-state index contributed by atoms with van der Waals surface area (Å²) in [5.74, 6) is 1.87. The van der Waals surface area contributed by atoms with Crippen molar-refractivity contribution in [1.82, 2.24) is 4.98 Å². The Kier molecular flexibility index (Phi) is 2.80. The van der Waals surface area contributed by atoms with Crippen molar-refractivity contribution in [1.29, 1.82) is 0 Å². The zero-order valence-corrected chi connectivity index (χ0v) is 11.2. The minimum atomic E-state index is 0.673. The molecule has 18 heavy (non-hydrogen) atoms. The van der Waals surface area contributed by atoms with Crippen LogP contribution in [0.3, 0.4) is 0 Å². The van der Waals surface area contributed by atoms with Crippen molar-refractivity contribution < 1.29 is 4.42 Å². The van der Waals surface area contributed by atoms with Crippen LogP contribution in [0.4, 0.5) is 5.13 Å². The van der Waals surface area contributed by atoms with Gasteiger partial charge in [-0.3, -0.25) is 0 Å². The van der Waals surface area contributed by atoms with Gasteiger partial charge in [-0.15, -0.1) is 0 Å². The number of anilines is 1. The molecule has 0 fully saturated rings. The van der Waals surface area contributed by atoms with E-state index < -0.39 is 0 Å². The van der Waals surface area contributed by atoms with E-state index in [4.69, 9.17) is 4.42 Å². The van der Waals surface area contributed by atoms with Gasteiger partial charge in [-0.25, -0.2) is 4.98 Å². The molecule has 0 unspecified atom stereocenters. The molecule has 1 aromatic carbocycles. The molecule has 92 valence electrons. The number of benzene rings is 1. The van der Waals surface area contributed by atoms with Crippen LogP contribution in [0.5, 0.6) is 0 Å². The van der Waals surface area contributed by atoms with Gasteiger partial charge in [0.15, 0.2) is 5.13 Å². The van der Waals surface area contributed by atoms with Crippen LogP contribution in [0.1, 0.15) is 17.1 Å². The SMILES string of the molecule is Cc1ccc2sc(NCc3ccc(C)o3)nc2c1. The molecule has 3 rings (SSSR count). The Morgan fingerprint density at radius 2 is 2.11 bits per heavy atom. The minimum absolute atomic E-state index is 0.673. The Labute approximate surface area is 109 Å². The summed E-state index contributed by atoms with van der Waals surface area (Å²) in [6, 6.07) is 10.3. The van der Waals surface area contributed by atoms with Crippen LogP contribution < -0.4 is 5.32 Å². The lowest BCUT2D eigenvalue weighted by Gasteiger charge is -1.98. The van der Waals surface area contributed by atoms with E-state index in [9.17, 15) is 0 Å². The van der Waals surface area contributed by atoms with Crippen molar-refractivity contribution >= 4 is 26.7 Å². The molecule has 0 radical (unpaired) electrons. The Balaban J connectivity index is 1.78. The molecule has 4 heteroatoms.